The van der Waals surface area contributed by atoms with Crippen molar-refractivity contribution in [3.8, 4) is 17.2 Å². The van der Waals surface area contributed by atoms with Gasteiger partial charge in [-0.2, -0.15) is 5.10 Å². The van der Waals surface area contributed by atoms with E-state index in [1.807, 2.05) is 36.4 Å². The number of carbonyl (C=O) groups excluding carboxylic acids is 1. The van der Waals surface area contributed by atoms with Crippen LogP contribution in [0.3, 0.4) is 0 Å². The largest absolute Gasteiger partial charge is 0.496 e. The summed E-state index contributed by atoms with van der Waals surface area (Å²) in [4.78, 5) is 15.9. The molecule has 0 saturated carbocycles. The zero-order valence-electron chi connectivity index (χ0n) is 26.2. The van der Waals surface area contributed by atoms with E-state index >= 15 is 0 Å². The molecule has 0 bridgehead atoms. The molecule has 2 heterocycles. The molecule has 1 aliphatic heterocycles. The number of hydrogen-bond acceptors (Lipinski definition) is 8. The average molecular weight is 601 g/mol. The SMILES string of the molecule is COCOc1cc(Nc2cc(Cc3ccc(OC)c(C(C)(C)C)c3)[nH]n2)c(C(=O)N2Cc3ccccc3C2)c(OCOC)c1. The molecular weight excluding hydrogens is 560 g/mol. The topological polar surface area (TPSA) is 107 Å². The molecule has 10 nitrogen and oxygen atoms in total. The Morgan fingerprint density at radius 1 is 0.909 bits per heavy atom. The number of aromatic amines is 1. The van der Waals surface area contributed by atoms with Gasteiger partial charge in [0.25, 0.3) is 5.91 Å². The van der Waals surface area contributed by atoms with Gasteiger partial charge in [0.15, 0.2) is 19.4 Å². The molecule has 0 radical (unpaired) electrons. The van der Waals surface area contributed by atoms with Crippen LogP contribution in [0.5, 0.6) is 17.2 Å². The highest BCUT2D eigenvalue weighted by Gasteiger charge is 2.29. The summed E-state index contributed by atoms with van der Waals surface area (Å²) in [7, 11) is 4.77. The summed E-state index contributed by atoms with van der Waals surface area (Å²) >= 11 is 0. The van der Waals surface area contributed by atoms with Crippen molar-refractivity contribution in [1.29, 1.82) is 0 Å². The molecule has 1 amide bonds. The third-order valence-electron chi connectivity index (χ3n) is 7.45. The molecule has 10 heteroatoms. The summed E-state index contributed by atoms with van der Waals surface area (Å²) < 4.78 is 27.6. The third-order valence-corrected chi connectivity index (χ3v) is 7.45. The Kier molecular flexibility index (Phi) is 9.41. The minimum absolute atomic E-state index is 0.0306. The van der Waals surface area contributed by atoms with Crippen LogP contribution in [-0.2, 0) is 34.4 Å². The number of aromatic nitrogens is 2. The quantitative estimate of drug-likeness (QED) is 0.186. The molecule has 2 N–H and O–H groups in total. The summed E-state index contributed by atoms with van der Waals surface area (Å²) in [5.41, 5.74) is 6.19. The van der Waals surface area contributed by atoms with E-state index in [1.54, 1.807) is 31.3 Å². The Hall–Kier alpha value is -4.54. The first kappa shape index (κ1) is 30.9. The van der Waals surface area contributed by atoms with Crippen molar-refractivity contribution in [1.82, 2.24) is 15.1 Å². The van der Waals surface area contributed by atoms with Crippen LogP contribution in [0.4, 0.5) is 11.5 Å². The molecule has 44 heavy (non-hydrogen) atoms. The number of nitrogens with one attached hydrogen (secondary N) is 2. The van der Waals surface area contributed by atoms with Gasteiger partial charge >= 0.3 is 0 Å². The Balaban J connectivity index is 1.46. The zero-order valence-corrected chi connectivity index (χ0v) is 26.2. The second-order valence-electron chi connectivity index (χ2n) is 11.7. The smallest absolute Gasteiger partial charge is 0.260 e. The van der Waals surface area contributed by atoms with Crippen LogP contribution < -0.4 is 19.5 Å². The van der Waals surface area contributed by atoms with E-state index in [4.69, 9.17) is 23.7 Å². The van der Waals surface area contributed by atoms with Gasteiger partial charge in [-0.3, -0.25) is 9.89 Å². The Morgan fingerprint density at radius 3 is 2.27 bits per heavy atom. The van der Waals surface area contributed by atoms with Crippen LogP contribution >= 0.6 is 0 Å². The van der Waals surface area contributed by atoms with Crippen LogP contribution in [-0.4, -0.2) is 55.9 Å². The lowest BCUT2D eigenvalue weighted by Gasteiger charge is -2.23. The molecule has 0 atom stereocenters. The van der Waals surface area contributed by atoms with Gasteiger partial charge in [0.2, 0.25) is 0 Å². The van der Waals surface area contributed by atoms with E-state index in [2.05, 4.69) is 48.4 Å². The fraction of sp³-hybridized carbons (Fsp3) is 0.353. The van der Waals surface area contributed by atoms with Gasteiger partial charge in [0, 0.05) is 57.6 Å². The molecule has 0 fully saturated rings. The standard InChI is InChI=1S/C34H40N4O6/c1-34(2,3)27-14-22(11-12-29(27)42-6)13-25-15-31(37-36-25)35-28-16-26(43-20-40-4)17-30(44-21-41-5)32(28)33(39)38-18-23-9-7-8-10-24(23)19-38/h7-12,14-17H,13,18-21H2,1-6H3,(H2,35,36,37). The Morgan fingerprint density at radius 2 is 1.61 bits per heavy atom. The van der Waals surface area contributed by atoms with Crippen molar-refractivity contribution in [2.24, 2.45) is 0 Å². The summed E-state index contributed by atoms with van der Waals surface area (Å²) in [6.45, 7) is 7.50. The van der Waals surface area contributed by atoms with E-state index in [0.717, 1.165) is 33.7 Å². The second-order valence-corrected chi connectivity index (χ2v) is 11.7. The predicted octanol–water partition coefficient (Wildman–Crippen LogP) is 6.17. The maximum Gasteiger partial charge on any atom is 0.260 e. The summed E-state index contributed by atoms with van der Waals surface area (Å²) in [6.07, 6.45) is 0.638. The molecule has 0 aliphatic carbocycles. The number of fused-ring (bicyclic) bond motifs is 1. The third kappa shape index (κ3) is 6.98. The maximum absolute atomic E-state index is 14.1. The average Bonchev–Trinajstić information content (AvgIpc) is 3.65. The molecule has 4 aromatic rings. The van der Waals surface area contributed by atoms with Gasteiger partial charge in [-0.05, 0) is 33.7 Å². The monoisotopic (exact) mass is 600 g/mol. The van der Waals surface area contributed by atoms with Crippen molar-refractivity contribution in [3.05, 3.63) is 94.2 Å². The highest BCUT2D eigenvalue weighted by atomic mass is 16.7. The molecule has 0 spiro atoms. The normalized spacial score (nSPS) is 12.6. The lowest BCUT2D eigenvalue weighted by Crippen LogP contribution is -2.27. The van der Waals surface area contributed by atoms with Crippen molar-refractivity contribution in [2.45, 2.75) is 45.7 Å². The van der Waals surface area contributed by atoms with Crippen LogP contribution in [0, 0.1) is 0 Å². The van der Waals surface area contributed by atoms with Crippen LogP contribution in [0.15, 0.2) is 60.7 Å². The van der Waals surface area contributed by atoms with Gasteiger partial charge in [0.1, 0.15) is 22.8 Å². The van der Waals surface area contributed by atoms with E-state index in [1.165, 1.54) is 7.11 Å². The fourth-order valence-electron chi connectivity index (χ4n) is 5.32. The summed E-state index contributed by atoms with van der Waals surface area (Å²) in [6, 6.07) is 19.7. The number of nitrogens with zero attached hydrogens (tertiary/aromatic N) is 2. The number of H-pyrrole nitrogens is 1. The molecule has 3 aromatic carbocycles. The number of anilines is 2. The molecule has 232 valence electrons. The van der Waals surface area contributed by atoms with E-state index < -0.39 is 0 Å². The lowest BCUT2D eigenvalue weighted by molar-refractivity contribution is 0.0450. The first-order valence-corrected chi connectivity index (χ1v) is 14.5. The molecule has 0 saturated heterocycles. The zero-order chi connectivity index (χ0) is 31.3. The number of rotatable bonds is 12. The van der Waals surface area contributed by atoms with Gasteiger partial charge in [-0.1, -0.05) is 57.2 Å². The van der Waals surface area contributed by atoms with Gasteiger partial charge < -0.3 is 33.9 Å². The number of ether oxygens (including phenoxy) is 5. The number of carbonyl (C=O) groups is 1. The van der Waals surface area contributed by atoms with Gasteiger partial charge in [-0.15, -0.1) is 0 Å². The van der Waals surface area contributed by atoms with E-state index in [0.29, 0.717) is 48.1 Å². The number of benzene rings is 3. The van der Waals surface area contributed by atoms with Crippen molar-refractivity contribution >= 4 is 17.4 Å². The van der Waals surface area contributed by atoms with Crippen molar-refractivity contribution in [3.63, 3.8) is 0 Å². The Labute approximate surface area is 258 Å². The minimum atomic E-state index is -0.184. The first-order valence-electron chi connectivity index (χ1n) is 14.5. The van der Waals surface area contributed by atoms with E-state index in [9.17, 15) is 4.79 Å². The highest BCUT2D eigenvalue weighted by Crippen LogP contribution is 2.38. The molecule has 0 unspecified atom stereocenters. The van der Waals surface area contributed by atoms with Crippen LogP contribution in [0.1, 0.15) is 59.1 Å². The van der Waals surface area contributed by atoms with Gasteiger partial charge in [0.05, 0.1) is 12.8 Å². The lowest BCUT2D eigenvalue weighted by atomic mass is 9.85. The maximum atomic E-state index is 14.1. The van der Waals surface area contributed by atoms with Crippen molar-refractivity contribution in [2.75, 3.05) is 40.2 Å². The highest BCUT2D eigenvalue weighted by molar-refractivity contribution is 6.03. The molecule has 5 rings (SSSR count). The van der Waals surface area contributed by atoms with Crippen LogP contribution in [0.2, 0.25) is 0 Å². The summed E-state index contributed by atoms with van der Waals surface area (Å²) in [5.74, 6) is 2.02. The second kappa shape index (κ2) is 13.4. The predicted molar refractivity (Wildman–Crippen MR) is 168 cm³/mol. The van der Waals surface area contributed by atoms with E-state index in [-0.39, 0.29) is 24.9 Å². The minimum Gasteiger partial charge on any atom is -0.496 e. The summed E-state index contributed by atoms with van der Waals surface area (Å²) in [5, 5.41) is 11.0. The molecular formula is C34H40N4O6. The fourth-order valence-corrected chi connectivity index (χ4v) is 5.32. The molecule has 1 aliphatic rings. The Bertz CT molecular complexity index is 1580. The number of hydrogen-bond donors (Lipinski definition) is 2. The van der Waals surface area contributed by atoms with Crippen molar-refractivity contribution < 1.29 is 28.5 Å². The molecule has 1 aromatic heterocycles. The number of amides is 1. The van der Waals surface area contributed by atoms with Gasteiger partial charge in [-0.25, -0.2) is 0 Å². The number of methoxy groups -OCH3 is 3. The first-order chi connectivity index (χ1) is 21.2. The van der Waals surface area contributed by atoms with Crippen LogP contribution in [0.25, 0.3) is 0 Å².